The molecule has 1 amide bonds. The van der Waals surface area contributed by atoms with Gasteiger partial charge in [0.2, 0.25) is 15.9 Å². The SMILES string of the molecule is COc1ccc(-n2ncc(C(=O)NC(C)c3cccc(NS(C)(=O)=O)c3)c2C(F)(F)F)nn1. The lowest BCUT2D eigenvalue weighted by molar-refractivity contribution is -0.143. The number of ether oxygens (including phenoxy) is 1. The molecule has 3 rings (SSSR count). The first-order valence-electron chi connectivity index (χ1n) is 9.31. The maximum atomic E-state index is 13.8. The molecule has 0 bridgehead atoms. The van der Waals surface area contributed by atoms with E-state index >= 15 is 0 Å². The van der Waals surface area contributed by atoms with Gasteiger partial charge in [-0.3, -0.25) is 9.52 Å². The summed E-state index contributed by atoms with van der Waals surface area (Å²) in [4.78, 5) is 12.7. The van der Waals surface area contributed by atoms with E-state index in [-0.39, 0.29) is 17.4 Å². The maximum Gasteiger partial charge on any atom is 0.434 e. The maximum absolute atomic E-state index is 13.8. The third-order valence-corrected chi connectivity index (χ3v) is 4.98. The second-order valence-electron chi connectivity index (χ2n) is 6.95. The highest BCUT2D eigenvalue weighted by Gasteiger charge is 2.41. The Kier molecular flexibility index (Phi) is 6.58. The molecule has 0 aliphatic carbocycles. The lowest BCUT2D eigenvalue weighted by Crippen LogP contribution is -2.29. The van der Waals surface area contributed by atoms with Crippen LogP contribution < -0.4 is 14.8 Å². The minimum atomic E-state index is -4.92. The van der Waals surface area contributed by atoms with Crippen molar-refractivity contribution in [2.75, 3.05) is 18.1 Å². The van der Waals surface area contributed by atoms with Crippen LogP contribution in [0.5, 0.6) is 5.88 Å². The van der Waals surface area contributed by atoms with Gasteiger partial charge in [0.25, 0.3) is 5.91 Å². The van der Waals surface area contributed by atoms with Crippen molar-refractivity contribution < 1.29 is 31.1 Å². The van der Waals surface area contributed by atoms with Crippen LogP contribution in [0.3, 0.4) is 0 Å². The fourth-order valence-electron chi connectivity index (χ4n) is 2.94. The molecule has 2 aromatic heterocycles. The highest BCUT2D eigenvalue weighted by molar-refractivity contribution is 7.92. The zero-order chi connectivity index (χ0) is 24.4. The molecule has 0 spiro atoms. The van der Waals surface area contributed by atoms with E-state index in [0.29, 0.717) is 10.2 Å². The first-order chi connectivity index (χ1) is 15.4. The minimum Gasteiger partial charge on any atom is -0.480 e. The van der Waals surface area contributed by atoms with E-state index in [1.165, 1.54) is 31.4 Å². The number of amides is 1. The number of methoxy groups -OCH3 is 1. The number of sulfonamides is 1. The molecule has 2 N–H and O–H groups in total. The first-order valence-corrected chi connectivity index (χ1v) is 11.2. The lowest BCUT2D eigenvalue weighted by atomic mass is 10.1. The average Bonchev–Trinajstić information content (AvgIpc) is 3.19. The Bertz CT molecular complexity index is 1260. The van der Waals surface area contributed by atoms with Crippen LogP contribution in [0.25, 0.3) is 5.82 Å². The molecular formula is C19H19F3N6O4S. The number of nitrogens with zero attached hydrogens (tertiary/aromatic N) is 4. The second kappa shape index (κ2) is 9.05. The van der Waals surface area contributed by atoms with Crippen LogP contribution in [-0.2, 0) is 16.2 Å². The number of anilines is 1. The van der Waals surface area contributed by atoms with Crippen LogP contribution in [0, 0.1) is 0 Å². The van der Waals surface area contributed by atoms with E-state index in [0.717, 1.165) is 12.5 Å². The van der Waals surface area contributed by atoms with Crippen LogP contribution in [0.4, 0.5) is 18.9 Å². The Hall–Kier alpha value is -3.68. The Morgan fingerprint density at radius 3 is 2.48 bits per heavy atom. The van der Waals surface area contributed by atoms with Crippen molar-refractivity contribution in [3.05, 3.63) is 59.4 Å². The minimum absolute atomic E-state index is 0.0962. The lowest BCUT2D eigenvalue weighted by Gasteiger charge is -2.17. The van der Waals surface area contributed by atoms with Gasteiger partial charge >= 0.3 is 6.18 Å². The van der Waals surface area contributed by atoms with Crippen molar-refractivity contribution in [2.45, 2.75) is 19.1 Å². The quantitative estimate of drug-likeness (QED) is 0.527. The van der Waals surface area contributed by atoms with Crippen molar-refractivity contribution in [3.63, 3.8) is 0 Å². The van der Waals surface area contributed by atoms with Crippen molar-refractivity contribution in [2.24, 2.45) is 0 Å². The zero-order valence-corrected chi connectivity index (χ0v) is 18.4. The van der Waals surface area contributed by atoms with E-state index in [1.807, 2.05) is 0 Å². The summed E-state index contributed by atoms with van der Waals surface area (Å²) in [6.45, 7) is 1.55. The second-order valence-corrected chi connectivity index (χ2v) is 8.69. The van der Waals surface area contributed by atoms with Gasteiger partial charge in [-0.15, -0.1) is 10.2 Å². The van der Waals surface area contributed by atoms with E-state index in [9.17, 15) is 26.4 Å². The number of hydrogen-bond acceptors (Lipinski definition) is 7. The van der Waals surface area contributed by atoms with Gasteiger partial charge in [-0.05, 0) is 30.7 Å². The van der Waals surface area contributed by atoms with Gasteiger partial charge in [0.05, 0.1) is 31.2 Å². The highest BCUT2D eigenvalue weighted by Crippen LogP contribution is 2.33. The first kappa shape index (κ1) is 24.0. The smallest absolute Gasteiger partial charge is 0.434 e. The van der Waals surface area contributed by atoms with Crippen LogP contribution in [0.2, 0.25) is 0 Å². The monoisotopic (exact) mass is 484 g/mol. The number of carbonyl (C=O) groups is 1. The topological polar surface area (TPSA) is 128 Å². The molecule has 0 aliphatic rings. The number of aromatic nitrogens is 4. The van der Waals surface area contributed by atoms with Gasteiger partial charge in [0, 0.05) is 11.8 Å². The number of halogens is 3. The Morgan fingerprint density at radius 1 is 1.18 bits per heavy atom. The number of rotatable bonds is 7. The summed E-state index contributed by atoms with van der Waals surface area (Å²) in [5, 5.41) is 13.4. The number of benzene rings is 1. The van der Waals surface area contributed by atoms with E-state index in [1.54, 1.807) is 19.1 Å². The fraction of sp³-hybridized carbons (Fsp3) is 0.263. The molecule has 1 atom stereocenters. The van der Waals surface area contributed by atoms with Crippen LogP contribution in [0.1, 0.15) is 34.6 Å². The van der Waals surface area contributed by atoms with E-state index in [2.05, 4.69) is 25.3 Å². The summed E-state index contributed by atoms with van der Waals surface area (Å²) in [6.07, 6.45) is -3.15. The molecule has 10 nitrogen and oxygen atoms in total. The van der Waals surface area contributed by atoms with Gasteiger partial charge in [0.15, 0.2) is 11.5 Å². The largest absolute Gasteiger partial charge is 0.480 e. The summed E-state index contributed by atoms with van der Waals surface area (Å²) < 4.78 is 71.9. The predicted molar refractivity (Wildman–Crippen MR) is 111 cm³/mol. The number of alkyl halides is 3. The van der Waals surface area contributed by atoms with Crippen LogP contribution in [0.15, 0.2) is 42.6 Å². The molecule has 2 heterocycles. The van der Waals surface area contributed by atoms with Gasteiger partial charge in [-0.2, -0.15) is 18.3 Å². The molecule has 176 valence electrons. The summed E-state index contributed by atoms with van der Waals surface area (Å²) in [6, 6.07) is 7.90. The van der Waals surface area contributed by atoms with Gasteiger partial charge in [0.1, 0.15) is 0 Å². The van der Waals surface area contributed by atoms with Gasteiger partial charge in [-0.1, -0.05) is 12.1 Å². The Morgan fingerprint density at radius 2 is 1.91 bits per heavy atom. The molecule has 0 fully saturated rings. The fourth-order valence-corrected chi connectivity index (χ4v) is 3.49. The number of nitrogens with one attached hydrogen (secondary N) is 2. The Balaban J connectivity index is 1.89. The molecule has 14 heteroatoms. The normalized spacial score (nSPS) is 12.8. The van der Waals surface area contributed by atoms with Crippen molar-refractivity contribution in [1.82, 2.24) is 25.3 Å². The molecule has 1 aromatic carbocycles. The Labute approximate surface area is 186 Å². The zero-order valence-electron chi connectivity index (χ0n) is 17.6. The third kappa shape index (κ3) is 5.77. The van der Waals surface area contributed by atoms with Gasteiger partial charge in [-0.25, -0.2) is 13.1 Å². The molecule has 0 radical (unpaired) electrons. The third-order valence-electron chi connectivity index (χ3n) is 4.37. The summed E-state index contributed by atoms with van der Waals surface area (Å²) in [5.74, 6) is -1.18. The van der Waals surface area contributed by atoms with Crippen molar-refractivity contribution >= 4 is 21.6 Å². The molecule has 33 heavy (non-hydrogen) atoms. The van der Waals surface area contributed by atoms with Crippen LogP contribution >= 0.6 is 0 Å². The average molecular weight is 484 g/mol. The molecule has 0 saturated heterocycles. The predicted octanol–water partition coefficient (Wildman–Crippen LogP) is 2.55. The molecule has 3 aromatic rings. The summed E-state index contributed by atoms with van der Waals surface area (Å²) in [5.41, 5.74) is -1.31. The summed E-state index contributed by atoms with van der Waals surface area (Å²) >= 11 is 0. The van der Waals surface area contributed by atoms with E-state index in [4.69, 9.17) is 4.74 Å². The summed E-state index contributed by atoms with van der Waals surface area (Å²) in [7, 11) is -2.20. The number of hydrogen-bond donors (Lipinski definition) is 2. The molecule has 0 aliphatic heterocycles. The van der Waals surface area contributed by atoms with Crippen LogP contribution in [-0.4, -0.2) is 47.7 Å². The highest BCUT2D eigenvalue weighted by atomic mass is 32.2. The van der Waals surface area contributed by atoms with Crippen molar-refractivity contribution in [3.8, 4) is 11.7 Å². The van der Waals surface area contributed by atoms with Crippen molar-refractivity contribution in [1.29, 1.82) is 0 Å². The van der Waals surface area contributed by atoms with Gasteiger partial charge < -0.3 is 10.1 Å². The molecule has 0 saturated carbocycles. The van der Waals surface area contributed by atoms with E-state index < -0.39 is 39.4 Å². The standard InChI is InChI=1S/C19H19F3N6O4S/c1-11(12-5-4-6-13(9-12)27-33(3,30)31)24-18(29)14-10-23-28(17(14)19(20,21)22)15-7-8-16(32-2)26-25-15/h4-11,27H,1-3H3,(H,24,29). The molecular weight excluding hydrogens is 465 g/mol. The number of carbonyl (C=O) groups excluding carboxylic acids is 1. The molecule has 1 unspecified atom stereocenters.